The highest BCUT2D eigenvalue weighted by Crippen LogP contribution is 2.26. The number of carboxylic acid groups (broad SMARTS) is 1. The number of thioether (sulfide) groups is 1. The maximum absolute atomic E-state index is 10.4. The monoisotopic (exact) mass is 280 g/mol. The second-order valence-corrected chi connectivity index (χ2v) is 5.86. The average Bonchev–Trinajstić information content (AvgIpc) is 2.93. The van der Waals surface area contributed by atoms with Crippen LogP contribution in [0.2, 0.25) is 0 Å². The SMILES string of the molecule is Cn1cc(SCc2ccc(C=CC(=O)O)s2)cn1. The molecule has 0 bridgehead atoms. The van der Waals surface area contributed by atoms with Gasteiger partial charge in [-0.15, -0.1) is 23.1 Å². The molecule has 0 aliphatic rings. The highest BCUT2D eigenvalue weighted by Gasteiger charge is 2.01. The molecule has 6 heteroatoms. The van der Waals surface area contributed by atoms with Gasteiger partial charge in [-0.2, -0.15) is 5.10 Å². The lowest BCUT2D eigenvalue weighted by Gasteiger charge is -1.93. The molecule has 2 rings (SSSR count). The minimum absolute atomic E-state index is 0.872. The predicted octanol–water partition coefficient (Wildman–Crippen LogP) is 2.87. The number of rotatable bonds is 5. The molecular formula is C12H12N2O2S2. The van der Waals surface area contributed by atoms with E-state index >= 15 is 0 Å². The van der Waals surface area contributed by atoms with Crippen LogP contribution in [0.5, 0.6) is 0 Å². The summed E-state index contributed by atoms with van der Waals surface area (Å²) in [5.41, 5.74) is 0. The molecule has 0 aliphatic heterocycles. The van der Waals surface area contributed by atoms with Crippen molar-refractivity contribution < 1.29 is 9.90 Å². The molecule has 2 aromatic heterocycles. The zero-order valence-corrected chi connectivity index (χ0v) is 11.4. The molecule has 0 aromatic carbocycles. The first-order valence-corrected chi connectivity index (χ1v) is 7.05. The molecule has 0 spiro atoms. The average molecular weight is 280 g/mol. The van der Waals surface area contributed by atoms with E-state index in [2.05, 4.69) is 5.10 Å². The van der Waals surface area contributed by atoms with E-state index in [1.165, 1.54) is 4.88 Å². The Kier molecular flexibility index (Phi) is 4.22. The van der Waals surface area contributed by atoms with Crippen LogP contribution in [0.15, 0.2) is 35.5 Å². The van der Waals surface area contributed by atoms with Gasteiger partial charge in [0.2, 0.25) is 0 Å². The topological polar surface area (TPSA) is 55.1 Å². The summed E-state index contributed by atoms with van der Waals surface area (Å²) >= 11 is 3.32. The first kappa shape index (κ1) is 12.9. The summed E-state index contributed by atoms with van der Waals surface area (Å²) in [5.74, 6) is -0.0493. The number of aromatic nitrogens is 2. The van der Waals surface area contributed by atoms with Gasteiger partial charge in [-0.25, -0.2) is 4.79 Å². The van der Waals surface area contributed by atoms with E-state index in [0.717, 1.165) is 21.6 Å². The Morgan fingerprint density at radius 1 is 1.61 bits per heavy atom. The Hall–Kier alpha value is -1.53. The van der Waals surface area contributed by atoms with Crippen molar-refractivity contribution in [3.8, 4) is 0 Å². The highest BCUT2D eigenvalue weighted by atomic mass is 32.2. The van der Waals surface area contributed by atoms with Gasteiger partial charge in [0.05, 0.1) is 6.20 Å². The van der Waals surface area contributed by atoms with Crippen molar-refractivity contribution in [2.45, 2.75) is 10.6 Å². The second-order valence-electron chi connectivity index (χ2n) is 3.61. The van der Waals surface area contributed by atoms with Gasteiger partial charge in [0.15, 0.2) is 0 Å². The summed E-state index contributed by atoms with van der Waals surface area (Å²) in [4.78, 5) is 13.7. The summed E-state index contributed by atoms with van der Waals surface area (Å²) in [6, 6.07) is 3.96. The molecule has 0 aliphatic carbocycles. The van der Waals surface area contributed by atoms with Crippen LogP contribution in [0.3, 0.4) is 0 Å². The zero-order valence-electron chi connectivity index (χ0n) is 9.74. The van der Waals surface area contributed by atoms with Crippen LogP contribution in [0.1, 0.15) is 9.75 Å². The molecule has 94 valence electrons. The summed E-state index contributed by atoms with van der Waals surface area (Å²) in [5, 5.41) is 12.6. The fourth-order valence-corrected chi connectivity index (χ4v) is 3.22. The van der Waals surface area contributed by atoms with Crippen molar-refractivity contribution in [3.05, 3.63) is 40.4 Å². The van der Waals surface area contributed by atoms with Crippen molar-refractivity contribution >= 4 is 35.1 Å². The van der Waals surface area contributed by atoms with Crippen molar-refractivity contribution in [1.82, 2.24) is 9.78 Å². The Bertz CT molecular complexity index is 572. The molecule has 4 nitrogen and oxygen atoms in total. The maximum Gasteiger partial charge on any atom is 0.328 e. The molecule has 0 atom stereocenters. The van der Waals surface area contributed by atoms with E-state index in [0.29, 0.717) is 0 Å². The van der Waals surface area contributed by atoms with Gasteiger partial charge in [0.25, 0.3) is 0 Å². The number of thiophene rings is 1. The van der Waals surface area contributed by atoms with Gasteiger partial charge in [-0.05, 0) is 18.2 Å². The van der Waals surface area contributed by atoms with Crippen LogP contribution in [0, 0.1) is 0 Å². The quantitative estimate of drug-likeness (QED) is 0.676. The van der Waals surface area contributed by atoms with E-state index in [1.807, 2.05) is 31.6 Å². The summed E-state index contributed by atoms with van der Waals surface area (Å²) in [6.45, 7) is 0. The lowest BCUT2D eigenvalue weighted by Crippen LogP contribution is -1.84. The standard InChI is InChI=1S/C12H12N2O2S2/c1-14-7-11(6-13-14)17-8-10-3-2-9(18-10)4-5-12(15)16/h2-7H,8H2,1H3,(H,15,16). The molecular weight excluding hydrogens is 268 g/mol. The molecule has 0 saturated carbocycles. The third-order valence-corrected chi connectivity index (χ3v) is 4.37. The van der Waals surface area contributed by atoms with Crippen LogP contribution in [-0.2, 0) is 17.6 Å². The number of carbonyl (C=O) groups is 1. The number of carboxylic acids is 1. The van der Waals surface area contributed by atoms with Gasteiger partial charge in [0.1, 0.15) is 0 Å². The van der Waals surface area contributed by atoms with Gasteiger partial charge in [-0.1, -0.05) is 0 Å². The normalized spacial score (nSPS) is 11.2. The van der Waals surface area contributed by atoms with Crippen LogP contribution in [0.4, 0.5) is 0 Å². The van der Waals surface area contributed by atoms with E-state index in [9.17, 15) is 4.79 Å². The third kappa shape index (κ3) is 3.75. The van der Waals surface area contributed by atoms with Gasteiger partial charge < -0.3 is 5.11 Å². The Morgan fingerprint density at radius 2 is 2.44 bits per heavy atom. The molecule has 0 unspecified atom stereocenters. The first-order valence-electron chi connectivity index (χ1n) is 5.24. The lowest BCUT2D eigenvalue weighted by molar-refractivity contribution is -0.131. The first-order chi connectivity index (χ1) is 8.63. The number of aliphatic carboxylic acids is 1. The van der Waals surface area contributed by atoms with Gasteiger partial charge in [-0.3, -0.25) is 4.68 Å². The molecule has 18 heavy (non-hydrogen) atoms. The van der Waals surface area contributed by atoms with E-state index < -0.39 is 5.97 Å². The predicted molar refractivity (Wildman–Crippen MR) is 73.8 cm³/mol. The van der Waals surface area contributed by atoms with E-state index in [-0.39, 0.29) is 0 Å². The summed E-state index contributed by atoms with van der Waals surface area (Å²) in [7, 11) is 1.89. The fourth-order valence-electron chi connectivity index (χ4n) is 1.34. The smallest absolute Gasteiger partial charge is 0.328 e. The van der Waals surface area contributed by atoms with Gasteiger partial charge >= 0.3 is 5.97 Å². The van der Waals surface area contributed by atoms with Gasteiger partial charge in [0, 0.05) is 39.7 Å². The highest BCUT2D eigenvalue weighted by molar-refractivity contribution is 7.98. The number of nitrogens with zero attached hydrogens (tertiary/aromatic N) is 2. The van der Waals surface area contributed by atoms with Crippen molar-refractivity contribution in [2.75, 3.05) is 0 Å². The molecule has 0 fully saturated rings. The third-order valence-electron chi connectivity index (χ3n) is 2.13. The van der Waals surface area contributed by atoms with E-state index in [4.69, 9.17) is 5.11 Å². The van der Waals surface area contributed by atoms with Crippen LogP contribution >= 0.6 is 23.1 Å². The molecule has 2 heterocycles. The number of hydrogen-bond donors (Lipinski definition) is 1. The zero-order chi connectivity index (χ0) is 13.0. The molecule has 1 N–H and O–H groups in total. The molecule has 0 amide bonds. The number of hydrogen-bond acceptors (Lipinski definition) is 4. The number of aryl methyl sites for hydroxylation is 1. The van der Waals surface area contributed by atoms with Crippen molar-refractivity contribution in [2.24, 2.45) is 7.05 Å². The second kappa shape index (κ2) is 5.88. The Morgan fingerprint density at radius 3 is 3.11 bits per heavy atom. The van der Waals surface area contributed by atoms with Crippen LogP contribution in [0.25, 0.3) is 6.08 Å². The Labute approximate surface area is 113 Å². The fraction of sp³-hybridized carbons (Fsp3) is 0.167. The largest absolute Gasteiger partial charge is 0.478 e. The molecule has 2 aromatic rings. The van der Waals surface area contributed by atoms with Crippen LogP contribution < -0.4 is 0 Å². The lowest BCUT2D eigenvalue weighted by atomic mass is 10.4. The van der Waals surface area contributed by atoms with Crippen LogP contribution in [-0.4, -0.2) is 20.9 Å². The maximum atomic E-state index is 10.4. The van der Waals surface area contributed by atoms with Crippen molar-refractivity contribution in [1.29, 1.82) is 0 Å². The Balaban J connectivity index is 1.92. The minimum Gasteiger partial charge on any atom is -0.478 e. The summed E-state index contributed by atoms with van der Waals surface area (Å²) in [6.07, 6.45) is 6.59. The molecule has 0 saturated heterocycles. The molecule has 0 radical (unpaired) electrons. The minimum atomic E-state index is -0.922. The van der Waals surface area contributed by atoms with Crippen molar-refractivity contribution in [3.63, 3.8) is 0 Å². The van der Waals surface area contributed by atoms with E-state index in [1.54, 1.807) is 33.9 Å². The summed E-state index contributed by atoms with van der Waals surface area (Å²) < 4.78 is 1.78.